The lowest BCUT2D eigenvalue weighted by atomic mass is 10.2. The second-order valence-electron chi connectivity index (χ2n) is 3.07. The Bertz CT molecular complexity index is 198. The minimum absolute atomic E-state index is 0.314. The molecular weight excluding hydrogens is 180 g/mol. The number of halogens is 2. The van der Waals surface area contributed by atoms with Gasteiger partial charge < -0.3 is 11.1 Å². The molecule has 0 aromatic carbocycles. The van der Waals surface area contributed by atoms with Gasteiger partial charge in [0.05, 0.1) is 12.6 Å². The van der Waals surface area contributed by atoms with Crippen LogP contribution < -0.4 is 16.4 Å². The lowest BCUT2D eigenvalue weighted by molar-refractivity contribution is -0.123. The molecule has 0 bridgehead atoms. The van der Waals surface area contributed by atoms with E-state index in [4.69, 9.17) is 5.73 Å². The van der Waals surface area contributed by atoms with Gasteiger partial charge in [-0.25, -0.2) is 8.78 Å². The maximum atomic E-state index is 12.6. The van der Waals surface area contributed by atoms with Gasteiger partial charge in [0.25, 0.3) is 5.92 Å². The number of alkyl halides is 2. The lowest BCUT2D eigenvalue weighted by Crippen LogP contribution is -2.42. The Morgan fingerprint density at radius 2 is 2.38 bits per heavy atom. The summed E-state index contributed by atoms with van der Waals surface area (Å²) in [5, 5.41) is 4.90. The molecule has 1 rings (SSSR count). The second kappa shape index (κ2) is 3.97. The Hall–Kier alpha value is -0.750. The van der Waals surface area contributed by atoms with Crippen molar-refractivity contribution in [1.82, 2.24) is 10.6 Å². The molecule has 0 spiro atoms. The predicted molar refractivity (Wildman–Crippen MR) is 43.4 cm³/mol. The Labute approximate surface area is 74.9 Å². The summed E-state index contributed by atoms with van der Waals surface area (Å²) in [7, 11) is 0. The highest BCUT2D eigenvalue weighted by molar-refractivity contribution is 5.82. The van der Waals surface area contributed by atoms with E-state index in [1.54, 1.807) is 0 Å². The lowest BCUT2D eigenvalue weighted by Gasteiger charge is -2.09. The van der Waals surface area contributed by atoms with Gasteiger partial charge in [0.1, 0.15) is 0 Å². The average Bonchev–Trinajstić information content (AvgIpc) is 2.42. The molecule has 1 fully saturated rings. The molecule has 1 atom stereocenters. The van der Waals surface area contributed by atoms with E-state index in [0.29, 0.717) is 13.1 Å². The van der Waals surface area contributed by atoms with Gasteiger partial charge in [0.2, 0.25) is 5.91 Å². The summed E-state index contributed by atoms with van der Waals surface area (Å²) in [6.45, 7) is 0.213. The molecule has 1 aliphatic rings. The van der Waals surface area contributed by atoms with Crippen molar-refractivity contribution in [3.8, 4) is 0 Å². The fraction of sp³-hybridized carbons (Fsp3) is 0.857. The van der Waals surface area contributed by atoms with Gasteiger partial charge in [-0.3, -0.25) is 10.1 Å². The number of hydrogen-bond donors (Lipinski definition) is 3. The predicted octanol–water partition coefficient (Wildman–Crippen LogP) is -0.942. The van der Waals surface area contributed by atoms with Crippen molar-refractivity contribution >= 4 is 5.91 Å². The van der Waals surface area contributed by atoms with E-state index >= 15 is 0 Å². The number of carbonyl (C=O) groups excluding carboxylic acids is 1. The molecule has 6 heteroatoms. The largest absolute Gasteiger partial charge is 0.353 e. The highest BCUT2D eigenvalue weighted by Crippen LogP contribution is 2.24. The van der Waals surface area contributed by atoms with E-state index in [-0.39, 0.29) is 0 Å². The van der Waals surface area contributed by atoms with Gasteiger partial charge in [-0.05, 0) is 0 Å². The van der Waals surface area contributed by atoms with Crippen LogP contribution in [0.2, 0.25) is 0 Å². The summed E-state index contributed by atoms with van der Waals surface area (Å²) in [5.74, 6) is -3.16. The van der Waals surface area contributed by atoms with Crippen LogP contribution in [-0.2, 0) is 4.79 Å². The highest BCUT2D eigenvalue weighted by atomic mass is 19.3. The summed E-state index contributed by atoms with van der Waals surface area (Å²) in [6.07, 6.45) is -0.427. The van der Waals surface area contributed by atoms with Gasteiger partial charge in [-0.15, -0.1) is 0 Å². The molecule has 0 aliphatic carbocycles. The SMILES string of the molecule is NCCNC(=O)C1CC(F)(F)CN1. The van der Waals surface area contributed by atoms with Crippen LogP contribution >= 0.6 is 0 Å². The zero-order valence-corrected chi connectivity index (χ0v) is 7.15. The number of hydrogen-bond acceptors (Lipinski definition) is 3. The van der Waals surface area contributed by atoms with Gasteiger partial charge in [0, 0.05) is 19.5 Å². The number of amides is 1. The quantitative estimate of drug-likeness (QED) is 0.542. The minimum atomic E-state index is -2.76. The van der Waals surface area contributed by atoms with Crippen LogP contribution in [0.3, 0.4) is 0 Å². The van der Waals surface area contributed by atoms with E-state index < -0.39 is 30.8 Å². The molecule has 4 N–H and O–H groups in total. The first-order chi connectivity index (χ1) is 6.05. The molecule has 13 heavy (non-hydrogen) atoms. The molecule has 1 amide bonds. The van der Waals surface area contributed by atoms with Crippen molar-refractivity contribution in [3.05, 3.63) is 0 Å². The van der Waals surface area contributed by atoms with Gasteiger partial charge in [0.15, 0.2) is 0 Å². The standard InChI is InChI=1S/C7H13F2N3O/c8-7(9)3-5(12-4-7)6(13)11-2-1-10/h5,12H,1-4,10H2,(H,11,13). The number of nitrogens with two attached hydrogens (primary N) is 1. The fourth-order valence-corrected chi connectivity index (χ4v) is 1.22. The van der Waals surface area contributed by atoms with Crippen LogP contribution in [0.1, 0.15) is 6.42 Å². The van der Waals surface area contributed by atoms with Crippen LogP contribution in [0.5, 0.6) is 0 Å². The monoisotopic (exact) mass is 193 g/mol. The van der Waals surface area contributed by atoms with Gasteiger partial charge in [-0.1, -0.05) is 0 Å². The molecule has 76 valence electrons. The molecule has 1 heterocycles. The highest BCUT2D eigenvalue weighted by Gasteiger charge is 2.42. The maximum absolute atomic E-state index is 12.6. The summed E-state index contributed by atoms with van der Waals surface area (Å²) in [4.78, 5) is 11.1. The Balaban J connectivity index is 2.33. The third kappa shape index (κ3) is 2.89. The van der Waals surface area contributed by atoms with E-state index in [2.05, 4.69) is 10.6 Å². The van der Waals surface area contributed by atoms with Crippen LogP contribution in [0.4, 0.5) is 8.78 Å². The molecule has 0 saturated carbocycles. The zero-order valence-electron chi connectivity index (χ0n) is 7.15. The fourth-order valence-electron chi connectivity index (χ4n) is 1.22. The Morgan fingerprint density at radius 1 is 1.69 bits per heavy atom. The summed E-state index contributed by atoms with van der Waals surface area (Å²) in [5.41, 5.74) is 5.15. The first kappa shape index (κ1) is 10.3. The third-order valence-corrected chi connectivity index (χ3v) is 1.87. The third-order valence-electron chi connectivity index (χ3n) is 1.87. The first-order valence-electron chi connectivity index (χ1n) is 4.14. The van der Waals surface area contributed by atoms with Crippen molar-refractivity contribution in [1.29, 1.82) is 0 Å². The van der Waals surface area contributed by atoms with Crippen LogP contribution in [0.15, 0.2) is 0 Å². The summed E-state index contributed by atoms with van der Waals surface area (Å²) < 4.78 is 25.2. The molecule has 1 saturated heterocycles. The number of carbonyl (C=O) groups is 1. The Kier molecular flexibility index (Phi) is 3.16. The van der Waals surface area contributed by atoms with Crippen LogP contribution in [0.25, 0.3) is 0 Å². The summed E-state index contributed by atoms with van der Waals surface area (Å²) in [6, 6.07) is -0.776. The van der Waals surface area contributed by atoms with Gasteiger partial charge >= 0.3 is 0 Å². The first-order valence-corrected chi connectivity index (χ1v) is 4.14. The molecular formula is C7H13F2N3O. The van der Waals surface area contributed by atoms with Gasteiger partial charge in [-0.2, -0.15) is 0 Å². The number of rotatable bonds is 3. The van der Waals surface area contributed by atoms with E-state index in [9.17, 15) is 13.6 Å². The molecule has 1 unspecified atom stereocenters. The zero-order chi connectivity index (χ0) is 9.90. The maximum Gasteiger partial charge on any atom is 0.262 e. The van der Waals surface area contributed by atoms with E-state index in [1.165, 1.54) is 0 Å². The smallest absolute Gasteiger partial charge is 0.262 e. The van der Waals surface area contributed by atoms with E-state index in [1.807, 2.05) is 0 Å². The molecule has 0 radical (unpaired) electrons. The Morgan fingerprint density at radius 3 is 2.85 bits per heavy atom. The van der Waals surface area contributed by atoms with Crippen molar-refractivity contribution in [2.45, 2.75) is 18.4 Å². The number of nitrogens with one attached hydrogen (secondary N) is 2. The molecule has 1 aliphatic heterocycles. The molecule has 0 aromatic rings. The average molecular weight is 193 g/mol. The van der Waals surface area contributed by atoms with Crippen molar-refractivity contribution in [2.75, 3.05) is 19.6 Å². The molecule has 4 nitrogen and oxygen atoms in total. The summed E-state index contributed by atoms with van der Waals surface area (Å²) >= 11 is 0. The van der Waals surface area contributed by atoms with Crippen LogP contribution in [0, 0.1) is 0 Å². The van der Waals surface area contributed by atoms with Crippen molar-refractivity contribution in [3.63, 3.8) is 0 Å². The minimum Gasteiger partial charge on any atom is -0.353 e. The normalized spacial score (nSPS) is 25.9. The molecule has 0 aromatic heterocycles. The van der Waals surface area contributed by atoms with Crippen LogP contribution in [-0.4, -0.2) is 37.5 Å². The van der Waals surface area contributed by atoms with Crippen molar-refractivity contribution in [2.24, 2.45) is 5.73 Å². The van der Waals surface area contributed by atoms with E-state index in [0.717, 1.165) is 0 Å². The second-order valence-corrected chi connectivity index (χ2v) is 3.07. The topological polar surface area (TPSA) is 67.1 Å². The van der Waals surface area contributed by atoms with Crippen molar-refractivity contribution < 1.29 is 13.6 Å².